The molecule has 0 amide bonds. The highest BCUT2D eigenvalue weighted by atomic mass is 32.1. The van der Waals surface area contributed by atoms with Gasteiger partial charge in [-0.2, -0.15) is 0 Å². The predicted octanol–water partition coefficient (Wildman–Crippen LogP) is 1.65. The van der Waals surface area contributed by atoms with Gasteiger partial charge in [0.2, 0.25) is 0 Å². The molecule has 1 saturated heterocycles. The molecule has 1 aliphatic heterocycles. The fourth-order valence-electron chi connectivity index (χ4n) is 3.07. The van der Waals surface area contributed by atoms with E-state index in [2.05, 4.69) is 59.0 Å². The van der Waals surface area contributed by atoms with E-state index in [-0.39, 0.29) is 6.04 Å². The van der Waals surface area contributed by atoms with Crippen LogP contribution in [0.3, 0.4) is 0 Å². The number of hydrogen-bond donors (Lipinski definition) is 2. The van der Waals surface area contributed by atoms with E-state index in [1.165, 1.54) is 15.6 Å². The molecule has 0 spiro atoms. The van der Waals surface area contributed by atoms with Gasteiger partial charge < -0.3 is 4.90 Å². The number of hydrogen-bond acceptors (Lipinski definition) is 5. The standard InChI is InChI=1S/C15H22N4S/c1-18-7-8-19(2)13(10-18)14(17-16)12-5-3-4-11-6-9-20-15(11)12/h3-6,9,13-14,17H,7-8,10,16H2,1-2H3. The number of thiophene rings is 1. The second kappa shape index (κ2) is 5.79. The fraction of sp³-hybridized carbons (Fsp3) is 0.467. The number of piperazine rings is 1. The van der Waals surface area contributed by atoms with Crippen molar-refractivity contribution >= 4 is 21.4 Å². The topological polar surface area (TPSA) is 44.5 Å². The predicted molar refractivity (Wildman–Crippen MR) is 85.8 cm³/mol. The first-order chi connectivity index (χ1) is 9.70. The summed E-state index contributed by atoms with van der Waals surface area (Å²) in [5.41, 5.74) is 4.37. The summed E-state index contributed by atoms with van der Waals surface area (Å²) in [6.07, 6.45) is 0. The van der Waals surface area contributed by atoms with Crippen molar-refractivity contribution in [3.05, 3.63) is 35.2 Å². The molecular formula is C15H22N4S. The smallest absolute Gasteiger partial charge is 0.0641 e. The van der Waals surface area contributed by atoms with Gasteiger partial charge in [0, 0.05) is 30.4 Å². The average Bonchev–Trinajstić information content (AvgIpc) is 2.92. The van der Waals surface area contributed by atoms with E-state index in [4.69, 9.17) is 5.84 Å². The van der Waals surface area contributed by atoms with Crippen LogP contribution in [0.1, 0.15) is 11.6 Å². The maximum Gasteiger partial charge on any atom is 0.0641 e. The van der Waals surface area contributed by atoms with Gasteiger partial charge in [-0.05, 0) is 36.5 Å². The molecule has 1 aromatic carbocycles. The van der Waals surface area contributed by atoms with Crippen LogP contribution in [0.4, 0.5) is 0 Å². The molecule has 2 aromatic rings. The van der Waals surface area contributed by atoms with E-state index < -0.39 is 0 Å². The summed E-state index contributed by atoms with van der Waals surface area (Å²) in [5.74, 6) is 5.91. The van der Waals surface area contributed by atoms with E-state index in [1.807, 2.05) is 0 Å². The van der Waals surface area contributed by atoms with Gasteiger partial charge in [-0.25, -0.2) is 0 Å². The largest absolute Gasteiger partial charge is 0.303 e. The minimum Gasteiger partial charge on any atom is -0.303 e. The van der Waals surface area contributed by atoms with Crippen LogP contribution in [0.15, 0.2) is 29.6 Å². The highest BCUT2D eigenvalue weighted by molar-refractivity contribution is 7.17. The molecule has 2 unspecified atom stereocenters. The van der Waals surface area contributed by atoms with Crippen molar-refractivity contribution in [2.45, 2.75) is 12.1 Å². The maximum absolute atomic E-state index is 5.91. The molecular weight excluding hydrogens is 268 g/mol. The lowest BCUT2D eigenvalue weighted by Gasteiger charge is -2.41. The number of rotatable bonds is 3. The van der Waals surface area contributed by atoms with Gasteiger partial charge in [-0.3, -0.25) is 16.2 Å². The third-order valence-corrected chi connectivity index (χ3v) is 5.29. The normalized spacial score (nSPS) is 23.2. The number of nitrogens with two attached hydrogens (primary N) is 1. The molecule has 1 aliphatic rings. The summed E-state index contributed by atoms with van der Waals surface area (Å²) in [6.45, 7) is 3.24. The molecule has 3 rings (SSSR count). The Balaban J connectivity index is 1.98. The maximum atomic E-state index is 5.91. The lowest BCUT2D eigenvalue weighted by molar-refractivity contribution is 0.0880. The van der Waals surface area contributed by atoms with Gasteiger partial charge in [0.05, 0.1) is 6.04 Å². The monoisotopic (exact) mass is 290 g/mol. The third-order valence-electron chi connectivity index (χ3n) is 4.31. The lowest BCUT2D eigenvalue weighted by Crippen LogP contribution is -2.56. The Morgan fingerprint density at radius 2 is 2.15 bits per heavy atom. The summed E-state index contributed by atoms with van der Waals surface area (Å²) in [4.78, 5) is 4.79. The number of likely N-dealkylation sites (N-methyl/N-ethyl adjacent to an activating group) is 2. The summed E-state index contributed by atoms with van der Waals surface area (Å²) < 4.78 is 1.34. The molecule has 4 nitrogen and oxygen atoms in total. The fourth-order valence-corrected chi connectivity index (χ4v) is 4.03. The Labute approximate surface area is 124 Å². The molecule has 1 aromatic heterocycles. The van der Waals surface area contributed by atoms with Crippen molar-refractivity contribution < 1.29 is 0 Å². The average molecular weight is 290 g/mol. The van der Waals surface area contributed by atoms with Crippen LogP contribution in [-0.2, 0) is 0 Å². The molecule has 108 valence electrons. The lowest BCUT2D eigenvalue weighted by atomic mass is 9.96. The Morgan fingerprint density at radius 3 is 2.95 bits per heavy atom. The first kappa shape index (κ1) is 14.0. The zero-order chi connectivity index (χ0) is 14.1. The molecule has 0 bridgehead atoms. The summed E-state index contributed by atoms with van der Waals surface area (Å²) in [5, 5.41) is 3.46. The second-order valence-corrected chi connectivity index (χ2v) is 6.56. The quantitative estimate of drug-likeness (QED) is 0.666. The molecule has 0 aliphatic carbocycles. The number of nitrogens with zero attached hydrogens (tertiary/aromatic N) is 2. The third kappa shape index (κ3) is 2.47. The highest BCUT2D eigenvalue weighted by Crippen LogP contribution is 2.32. The van der Waals surface area contributed by atoms with Crippen molar-refractivity contribution in [3.63, 3.8) is 0 Å². The van der Waals surface area contributed by atoms with Crippen LogP contribution < -0.4 is 11.3 Å². The number of benzene rings is 1. The highest BCUT2D eigenvalue weighted by Gasteiger charge is 2.31. The molecule has 20 heavy (non-hydrogen) atoms. The van der Waals surface area contributed by atoms with Crippen molar-refractivity contribution in [3.8, 4) is 0 Å². The molecule has 3 N–H and O–H groups in total. The number of fused-ring (bicyclic) bond motifs is 1. The SMILES string of the molecule is CN1CCN(C)C(C(NN)c2cccc3ccsc23)C1. The second-order valence-electron chi connectivity index (χ2n) is 5.64. The van der Waals surface area contributed by atoms with Crippen LogP contribution >= 0.6 is 11.3 Å². The van der Waals surface area contributed by atoms with Crippen LogP contribution in [0, 0.1) is 0 Å². The van der Waals surface area contributed by atoms with E-state index >= 15 is 0 Å². The first-order valence-corrected chi connectivity index (χ1v) is 7.89. The first-order valence-electron chi connectivity index (χ1n) is 7.01. The van der Waals surface area contributed by atoms with Gasteiger partial charge >= 0.3 is 0 Å². The Bertz CT molecular complexity index is 582. The van der Waals surface area contributed by atoms with Crippen LogP contribution in [0.5, 0.6) is 0 Å². The van der Waals surface area contributed by atoms with Gasteiger partial charge in [0.15, 0.2) is 0 Å². The molecule has 5 heteroatoms. The summed E-state index contributed by atoms with van der Waals surface area (Å²) in [6, 6.07) is 9.22. The number of nitrogens with one attached hydrogen (secondary N) is 1. The zero-order valence-electron chi connectivity index (χ0n) is 12.0. The zero-order valence-corrected chi connectivity index (χ0v) is 12.9. The van der Waals surface area contributed by atoms with Gasteiger partial charge in [0.25, 0.3) is 0 Å². The van der Waals surface area contributed by atoms with Crippen molar-refractivity contribution in [2.24, 2.45) is 5.84 Å². The van der Waals surface area contributed by atoms with E-state index in [1.54, 1.807) is 11.3 Å². The number of hydrazine groups is 1. The summed E-state index contributed by atoms with van der Waals surface area (Å²) in [7, 11) is 4.37. The molecule has 2 atom stereocenters. The Morgan fingerprint density at radius 1 is 1.30 bits per heavy atom. The summed E-state index contributed by atoms with van der Waals surface area (Å²) >= 11 is 1.80. The van der Waals surface area contributed by atoms with E-state index in [9.17, 15) is 0 Å². The Kier molecular flexibility index (Phi) is 4.05. The van der Waals surface area contributed by atoms with Crippen molar-refractivity contribution in [1.29, 1.82) is 0 Å². The minimum atomic E-state index is 0.157. The van der Waals surface area contributed by atoms with Crippen LogP contribution in [0.2, 0.25) is 0 Å². The van der Waals surface area contributed by atoms with Crippen molar-refractivity contribution in [1.82, 2.24) is 15.2 Å². The van der Waals surface area contributed by atoms with Gasteiger partial charge in [-0.1, -0.05) is 18.2 Å². The molecule has 0 saturated carbocycles. The Hall–Kier alpha value is -0.980. The van der Waals surface area contributed by atoms with Gasteiger partial charge in [0.1, 0.15) is 0 Å². The molecule has 0 radical (unpaired) electrons. The van der Waals surface area contributed by atoms with Gasteiger partial charge in [-0.15, -0.1) is 11.3 Å². The molecule has 2 heterocycles. The van der Waals surface area contributed by atoms with Crippen LogP contribution in [0.25, 0.3) is 10.1 Å². The minimum absolute atomic E-state index is 0.157. The van der Waals surface area contributed by atoms with Crippen molar-refractivity contribution in [2.75, 3.05) is 33.7 Å². The van der Waals surface area contributed by atoms with Crippen LogP contribution in [-0.4, -0.2) is 49.6 Å². The van der Waals surface area contributed by atoms with E-state index in [0.717, 1.165) is 19.6 Å². The van der Waals surface area contributed by atoms with E-state index in [0.29, 0.717) is 6.04 Å². The molecule has 1 fully saturated rings.